The van der Waals surface area contributed by atoms with Crippen LogP contribution < -0.4 is 4.74 Å². The van der Waals surface area contributed by atoms with Crippen LogP contribution >= 0.6 is 31.9 Å². The maximum absolute atomic E-state index is 5.62. The molecule has 3 heteroatoms. The molecule has 0 bridgehead atoms. The maximum Gasteiger partial charge on any atom is 0.136 e. The Labute approximate surface area is 101 Å². The van der Waals surface area contributed by atoms with Gasteiger partial charge in [0.15, 0.2) is 0 Å². The maximum atomic E-state index is 5.62. The van der Waals surface area contributed by atoms with Crippen molar-refractivity contribution in [1.29, 1.82) is 0 Å². The van der Waals surface area contributed by atoms with E-state index in [1.54, 1.807) is 0 Å². The summed E-state index contributed by atoms with van der Waals surface area (Å²) < 4.78 is 7.63. The van der Waals surface area contributed by atoms with Gasteiger partial charge in [0.1, 0.15) is 12.4 Å². The minimum Gasteiger partial charge on any atom is -0.488 e. The lowest BCUT2D eigenvalue weighted by atomic mass is 10.2. The molecule has 0 aliphatic rings. The van der Waals surface area contributed by atoms with E-state index in [2.05, 4.69) is 38.4 Å². The molecule has 0 aliphatic heterocycles. The topological polar surface area (TPSA) is 9.23 Å². The van der Waals surface area contributed by atoms with Crippen molar-refractivity contribution in [2.45, 2.75) is 13.8 Å². The van der Waals surface area contributed by atoms with E-state index in [1.807, 2.05) is 26.0 Å². The van der Waals surface area contributed by atoms with Crippen molar-refractivity contribution in [2.24, 2.45) is 0 Å². The van der Waals surface area contributed by atoms with E-state index in [4.69, 9.17) is 4.74 Å². The summed E-state index contributed by atoms with van der Waals surface area (Å²) in [5, 5.41) is 0. The summed E-state index contributed by atoms with van der Waals surface area (Å²) in [5.74, 6) is 0.885. The highest BCUT2D eigenvalue weighted by Gasteiger charge is 2.06. The Morgan fingerprint density at radius 2 is 2.07 bits per heavy atom. The van der Waals surface area contributed by atoms with Crippen LogP contribution in [0, 0.1) is 6.92 Å². The fraction of sp³-hybridized carbons (Fsp3) is 0.273. The lowest BCUT2D eigenvalue weighted by molar-refractivity contribution is 0.348. The summed E-state index contributed by atoms with van der Waals surface area (Å²) in [5.41, 5.74) is 2.12. The van der Waals surface area contributed by atoms with E-state index < -0.39 is 0 Å². The van der Waals surface area contributed by atoms with Gasteiger partial charge in [0.05, 0.1) is 4.47 Å². The third-order valence-corrected chi connectivity index (χ3v) is 2.70. The van der Waals surface area contributed by atoms with Gasteiger partial charge in [-0.1, -0.05) is 22.5 Å². The molecule has 0 aromatic heterocycles. The lowest BCUT2D eigenvalue weighted by Crippen LogP contribution is -1.99. The van der Waals surface area contributed by atoms with Gasteiger partial charge in [-0.05, 0) is 53.0 Å². The molecule has 14 heavy (non-hydrogen) atoms. The smallest absolute Gasteiger partial charge is 0.136 e. The minimum absolute atomic E-state index is 0.557. The van der Waals surface area contributed by atoms with Gasteiger partial charge in [0.25, 0.3) is 0 Å². The summed E-state index contributed by atoms with van der Waals surface area (Å²) in [6.07, 6.45) is 0. The quantitative estimate of drug-likeness (QED) is 0.747. The van der Waals surface area contributed by atoms with Gasteiger partial charge in [-0.15, -0.1) is 0 Å². The monoisotopic (exact) mass is 318 g/mol. The summed E-state index contributed by atoms with van der Waals surface area (Å²) in [6.45, 7) is 8.32. The van der Waals surface area contributed by atoms with E-state index in [9.17, 15) is 0 Å². The number of rotatable bonds is 3. The van der Waals surface area contributed by atoms with E-state index in [0.717, 1.165) is 25.8 Å². The Balaban J connectivity index is 2.91. The third-order valence-electron chi connectivity index (χ3n) is 1.66. The van der Waals surface area contributed by atoms with Crippen LogP contribution in [0.5, 0.6) is 5.75 Å². The first kappa shape index (κ1) is 11.8. The first-order chi connectivity index (χ1) is 6.50. The predicted molar refractivity (Wildman–Crippen MR) is 66.9 cm³/mol. The van der Waals surface area contributed by atoms with Crippen molar-refractivity contribution in [3.05, 3.63) is 38.8 Å². The highest BCUT2D eigenvalue weighted by atomic mass is 79.9. The summed E-state index contributed by atoms with van der Waals surface area (Å²) in [6, 6.07) is 4.00. The fourth-order valence-electron chi connectivity index (χ4n) is 1.07. The molecule has 1 aromatic carbocycles. The largest absolute Gasteiger partial charge is 0.488 e. The van der Waals surface area contributed by atoms with Crippen LogP contribution in [0.4, 0.5) is 0 Å². The zero-order chi connectivity index (χ0) is 10.7. The second kappa shape index (κ2) is 4.99. The third kappa shape index (κ3) is 3.14. The Morgan fingerprint density at radius 1 is 1.43 bits per heavy atom. The van der Waals surface area contributed by atoms with E-state index in [0.29, 0.717) is 6.61 Å². The standard InChI is InChI=1S/C11H12Br2O/c1-7(2)6-14-11-8(3)4-9(12)5-10(11)13/h4-5H,1,6H2,2-3H3. The molecule has 0 N–H and O–H groups in total. The average Bonchev–Trinajstić information content (AvgIpc) is 2.01. The molecule has 76 valence electrons. The van der Waals surface area contributed by atoms with Crippen LogP contribution in [0.15, 0.2) is 33.2 Å². The SMILES string of the molecule is C=C(C)COc1c(C)cc(Br)cc1Br. The highest BCUT2D eigenvalue weighted by Crippen LogP contribution is 2.32. The zero-order valence-electron chi connectivity index (χ0n) is 8.23. The van der Waals surface area contributed by atoms with Crippen molar-refractivity contribution < 1.29 is 4.74 Å². The first-order valence-corrected chi connectivity index (χ1v) is 5.82. The Morgan fingerprint density at radius 3 is 2.57 bits per heavy atom. The molecule has 0 heterocycles. The molecule has 0 fully saturated rings. The number of hydrogen-bond acceptors (Lipinski definition) is 1. The Bertz CT molecular complexity index is 335. The number of benzene rings is 1. The first-order valence-electron chi connectivity index (χ1n) is 4.23. The van der Waals surface area contributed by atoms with E-state index in [-0.39, 0.29) is 0 Å². The number of halogens is 2. The minimum atomic E-state index is 0.557. The molecule has 0 amide bonds. The van der Waals surface area contributed by atoms with Crippen LogP contribution in [0.25, 0.3) is 0 Å². The van der Waals surface area contributed by atoms with Crippen LogP contribution in [0.2, 0.25) is 0 Å². The van der Waals surface area contributed by atoms with Crippen molar-refractivity contribution in [2.75, 3.05) is 6.61 Å². The molecule has 0 aliphatic carbocycles. The molecular formula is C11H12Br2O. The van der Waals surface area contributed by atoms with Gasteiger partial charge in [-0.2, -0.15) is 0 Å². The number of aryl methyl sites for hydroxylation is 1. The molecule has 1 aromatic rings. The number of ether oxygens (including phenoxy) is 1. The predicted octanol–water partition coefficient (Wildman–Crippen LogP) is 4.47. The molecule has 0 unspecified atom stereocenters. The molecule has 0 spiro atoms. The second-order valence-corrected chi connectivity index (χ2v) is 5.05. The Kier molecular flexibility index (Phi) is 4.20. The van der Waals surface area contributed by atoms with Gasteiger partial charge in [-0.25, -0.2) is 0 Å². The van der Waals surface area contributed by atoms with Gasteiger partial charge < -0.3 is 4.74 Å². The molecule has 0 saturated heterocycles. The summed E-state index contributed by atoms with van der Waals surface area (Å²) in [7, 11) is 0. The number of hydrogen-bond donors (Lipinski definition) is 0. The highest BCUT2D eigenvalue weighted by molar-refractivity contribution is 9.11. The van der Waals surface area contributed by atoms with Crippen molar-refractivity contribution in [3.8, 4) is 5.75 Å². The van der Waals surface area contributed by atoms with Crippen LogP contribution in [0.1, 0.15) is 12.5 Å². The normalized spacial score (nSPS) is 10.0. The summed E-state index contributed by atoms with van der Waals surface area (Å²) >= 11 is 6.89. The van der Waals surface area contributed by atoms with Crippen LogP contribution in [0.3, 0.4) is 0 Å². The van der Waals surface area contributed by atoms with E-state index in [1.165, 1.54) is 0 Å². The molecule has 0 atom stereocenters. The molecule has 1 nitrogen and oxygen atoms in total. The second-order valence-electron chi connectivity index (χ2n) is 3.28. The molecule has 0 radical (unpaired) electrons. The molecule has 0 saturated carbocycles. The lowest BCUT2D eigenvalue weighted by Gasteiger charge is -2.11. The van der Waals surface area contributed by atoms with Gasteiger partial charge in [0, 0.05) is 4.47 Å². The van der Waals surface area contributed by atoms with Gasteiger partial charge >= 0.3 is 0 Å². The van der Waals surface area contributed by atoms with Crippen LogP contribution in [-0.4, -0.2) is 6.61 Å². The van der Waals surface area contributed by atoms with Crippen molar-refractivity contribution >= 4 is 31.9 Å². The van der Waals surface area contributed by atoms with Gasteiger partial charge in [0.2, 0.25) is 0 Å². The van der Waals surface area contributed by atoms with Crippen molar-refractivity contribution in [1.82, 2.24) is 0 Å². The average molecular weight is 320 g/mol. The summed E-state index contributed by atoms with van der Waals surface area (Å²) in [4.78, 5) is 0. The van der Waals surface area contributed by atoms with Crippen LogP contribution in [-0.2, 0) is 0 Å². The molecule has 1 rings (SSSR count). The Hall–Kier alpha value is -0.280. The zero-order valence-corrected chi connectivity index (χ0v) is 11.4. The van der Waals surface area contributed by atoms with E-state index >= 15 is 0 Å². The fourth-order valence-corrected chi connectivity index (χ4v) is 2.62. The van der Waals surface area contributed by atoms with Crippen molar-refractivity contribution in [3.63, 3.8) is 0 Å². The molecular weight excluding hydrogens is 308 g/mol. The van der Waals surface area contributed by atoms with Gasteiger partial charge in [-0.3, -0.25) is 0 Å².